The largest absolute Gasteiger partial charge is 0.461 e. The first-order valence-electron chi connectivity index (χ1n) is 6.06. The molecule has 1 aliphatic carbocycles. The van der Waals surface area contributed by atoms with Gasteiger partial charge in [0.15, 0.2) is 5.69 Å². The molecule has 0 bridgehead atoms. The van der Waals surface area contributed by atoms with Gasteiger partial charge in [-0.15, -0.1) is 0 Å². The first-order valence-corrected chi connectivity index (χ1v) is 8.37. The number of carbonyl (C=O) groups excluding carboxylic acids is 1. The Bertz CT molecular complexity index is 576. The maximum atomic E-state index is 11.9. The van der Waals surface area contributed by atoms with Crippen molar-refractivity contribution in [3.8, 4) is 0 Å². The Kier molecular flexibility index (Phi) is 4.15. The highest BCUT2D eigenvalue weighted by Crippen LogP contribution is 2.26. The van der Waals surface area contributed by atoms with Gasteiger partial charge in [0, 0.05) is 10.7 Å². The maximum Gasteiger partial charge on any atom is 0.360 e. The fourth-order valence-electron chi connectivity index (χ4n) is 2.29. The molecule has 0 radical (unpaired) electrons. The lowest BCUT2D eigenvalue weighted by Crippen LogP contribution is -2.14. The molecule has 0 aromatic carbocycles. The summed E-state index contributed by atoms with van der Waals surface area (Å²) in [5, 5.41) is 6.10. The fourth-order valence-corrected chi connectivity index (χ4v) is 3.63. The predicted molar refractivity (Wildman–Crippen MR) is 68.6 cm³/mol. The average Bonchev–Trinajstić information content (AvgIpc) is 2.93. The Hall–Kier alpha value is -1.08. The Morgan fingerprint density at radius 2 is 2.11 bits per heavy atom. The molecule has 1 aromatic heterocycles. The molecule has 0 atom stereocenters. The third-order valence-corrected chi connectivity index (χ3v) is 4.70. The number of esters is 1. The molecule has 6 nitrogen and oxygen atoms in total. The summed E-state index contributed by atoms with van der Waals surface area (Å²) in [6.07, 6.45) is 4.36. The predicted octanol–water partition coefficient (Wildman–Crippen LogP) is 1.99. The second-order valence-electron chi connectivity index (χ2n) is 4.71. The molecular weight excluding hydrogens is 292 g/mol. The van der Waals surface area contributed by atoms with Crippen molar-refractivity contribution in [2.45, 2.75) is 37.5 Å². The normalized spacial score (nSPS) is 16.7. The van der Waals surface area contributed by atoms with E-state index in [0.29, 0.717) is 12.5 Å². The number of nitrogens with one attached hydrogen (secondary N) is 1. The lowest BCUT2D eigenvalue weighted by molar-refractivity contribution is 0.0431. The second-order valence-corrected chi connectivity index (χ2v) is 7.22. The van der Waals surface area contributed by atoms with Crippen molar-refractivity contribution in [2.24, 2.45) is 5.92 Å². The van der Waals surface area contributed by atoms with Crippen molar-refractivity contribution < 1.29 is 17.9 Å². The van der Waals surface area contributed by atoms with Crippen LogP contribution in [0, 0.1) is 12.8 Å². The van der Waals surface area contributed by atoms with E-state index in [1.165, 1.54) is 6.92 Å². The van der Waals surface area contributed by atoms with Gasteiger partial charge < -0.3 is 4.74 Å². The zero-order valence-corrected chi connectivity index (χ0v) is 12.1. The lowest BCUT2D eigenvalue weighted by Gasteiger charge is -2.09. The third-order valence-electron chi connectivity index (χ3n) is 3.25. The Balaban J connectivity index is 2.11. The van der Waals surface area contributed by atoms with E-state index >= 15 is 0 Å². The van der Waals surface area contributed by atoms with Crippen LogP contribution in [0.2, 0.25) is 0 Å². The van der Waals surface area contributed by atoms with Crippen molar-refractivity contribution in [3.05, 3.63) is 11.4 Å². The van der Waals surface area contributed by atoms with Crippen LogP contribution >= 0.6 is 10.7 Å². The van der Waals surface area contributed by atoms with Crippen LogP contribution < -0.4 is 0 Å². The van der Waals surface area contributed by atoms with E-state index in [-0.39, 0.29) is 16.3 Å². The summed E-state index contributed by atoms with van der Waals surface area (Å²) >= 11 is 0. The van der Waals surface area contributed by atoms with Crippen LogP contribution in [0.4, 0.5) is 0 Å². The molecule has 106 valence electrons. The SMILES string of the molecule is Cc1[nH]nc(C(=O)OCC2CCCC2)c1S(=O)(=O)Cl. The second kappa shape index (κ2) is 5.50. The highest BCUT2D eigenvalue weighted by atomic mass is 35.7. The van der Waals surface area contributed by atoms with Gasteiger partial charge in [0.05, 0.1) is 12.3 Å². The van der Waals surface area contributed by atoms with E-state index in [2.05, 4.69) is 10.2 Å². The van der Waals surface area contributed by atoms with Crippen molar-refractivity contribution in [1.29, 1.82) is 0 Å². The van der Waals surface area contributed by atoms with Gasteiger partial charge in [0.2, 0.25) is 0 Å². The van der Waals surface area contributed by atoms with E-state index in [9.17, 15) is 13.2 Å². The summed E-state index contributed by atoms with van der Waals surface area (Å²) in [6, 6.07) is 0. The van der Waals surface area contributed by atoms with Crippen LogP contribution in [0.5, 0.6) is 0 Å². The minimum Gasteiger partial charge on any atom is -0.461 e. The van der Waals surface area contributed by atoms with Crippen LogP contribution in [-0.2, 0) is 13.8 Å². The van der Waals surface area contributed by atoms with Gasteiger partial charge >= 0.3 is 5.97 Å². The molecule has 2 rings (SSSR count). The Morgan fingerprint density at radius 3 is 2.68 bits per heavy atom. The van der Waals surface area contributed by atoms with Gasteiger partial charge in [0.25, 0.3) is 9.05 Å². The lowest BCUT2D eigenvalue weighted by atomic mass is 10.1. The first-order chi connectivity index (χ1) is 8.89. The molecule has 19 heavy (non-hydrogen) atoms. The molecular formula is C11H15ClN2O4S. The summed E-state index contributed by atoms with van der Waals surface area (Å²) in [6.45, 7) is 1.78. The van der Waals surface area contributed by atoms with E-state index in [1.54, 1.807) is 0 Å². The first kappa shape index (κ1) is 14.3. The van der Waals surface area contributed by atoms with Gasteiger partial charge in [0.1, 0.15) is 4.90 Å². The minimum absolute atomic E-state index is 0.225. The zero-order valence-electron chi connectivity index (χ0n) is 10.5. The number of hydrogen-bond acceptors (Lipinski definition) is 5. The van der Waals surface area contributed by atoms with Crippen LogP contribution in [0.15, 0.2) is 4.90 Å². The Morgan fingerprint density at radius 1 is 1.47 bits per heavy atom. The minimum atomic E-state index is -4.03. The van der Waals surface area contributed by atoms with E-state index in [1.807, 2.05) is 0 Å². The quantitative estimate of drug-likeness (QED) is 0.679. The number of aromatic nitrogens is 2. The van der Waals surface area contributed by atoms with E-state index in [4.69, 9.17) is 15.4 Å². The number of hydrogen-bond donors (Lipinski definition) is 1. The van der Waals surface area contributed by atoms with Crippen molar-refractivity contribution in [1.82, 2.24) is 10.2 Å². The average molecular weight is 307 g/mol. The summed E-state index contributed by atoms with van der Waals surface area (Å²) in [5.41, 5.74) is -0.0479. The molecule has 8 heteroatoms. The number of nitrogens with zero attached hydrogens (tertiary/aromatic N) is 1. The van der Waals surface area contributed by atoms with Crippen molar-refractivity contribution >= 4 is 25.7 Å². The molecule has 0 unspecified atom stereocenters. The van der Waals surface area contributed by atoms with Gasteiger partial charge in [-0.2, -0.15) is 5.10 Å². The molecule has 1 N–H and O–H groups in total. The molecule has 1 aliphatic rings. The zero-order chi connectivity index (χ0) is 14.0. The van der Waals surface area contributed by atoms with Gasteiger partial charge in [-0.3, -0.25) is 5.10 Å². The highest BCUT2D eigenvalue weighted by Gasteiger charge is 2.28. The molecule has 0 amide bonds. The molecule has 0 aliphatic heterocycles. The maximum absolute atomic E-state index is 11.9. The molecule has 1 aromatic rings. The monoisotopic (exact) mass is 306 g/mol. The number of aromatic amines is 1. The van der Waals surface area contributed by atoms with Gasteiger partial charge in [-0.1, -0.05) is 12.8 Å². The van der Waals surface area contributed by atoms with Crippen LogP contribution in [0.1, 0.15) is 41.9 Å². The number of aryl methyl sites for hydroxylation is 1. The Labute approximate surface area is 115 Å². The molecule has 0 spiro atoms. The van der Waals surface area contributed by atoms with Crippen molar-refractivity contribution in [2.75, 3.05) is 6.61 Å². The molecule has 1 fully saturated rings. The number of ether oxygens (including phenoxy) is 1. The summed E-state index contributed by atoms with van der Waals surface area (Å²) in [7, 11) is 1.26. The highest BCUT2D eigenvalue weighted by molar-refractivity contribution is 8.13. The number of halogens is 1. The number of H-pyrrole nitrogens is 1. The van der Waals surface area contributed by atoms with Crippen LogP contribution in [0.25, 0.3) is 0 Å². The summed E-state index contributed by atoms with van der Waals surface area (Å²) < 4.78 is 27.9. The molecule has 1 heterocycles. The molecule has 1 saturated carbocycles. The van der Waals surface area contributed by atoms with Gasteiger partial charge in [-0.05, 0) is 25.7 Å². The van der Waals surface area contributed by atoms with E-state index < -0.39 is 15.0 Å². The topological polar surface area (TPSA) is 89.1 Å². The van der Waals surface area contributed by atoms with E-state index in [0.717, 1.165) is 25.7 Å². The van der Waals surface area contributed by atoms with Crippen LogP contribution in [0.3, 0.4) is 0 Å². The fraction of sp³-hybridized carbons (Fsp3) is 0.636. The number of rotatable bonds is 4. The van der Waals surface area contributed by atoms with Gasteiger partial charge in [-0.25, -0.2) is 13.2 Å². The van der Waals surface area contributed by atoms with Crippen LogP contribution in [-0.4, -0.2) is 31.2 Å². The third kappa shape index (κ3) is 3.27. The molecule has 0 saturated heterocycles. The number of carbonyl (C=O) groups is 1. The summed E-state index contributed by atoms with van der Waals surface area (Å²) in [4.78, 5) is 11.6. The standard InChI is InChI=1S/C11H15ClN2O4S/c1-7-10(19(12,16)17)9(14-13-7)11(15)18-6-8-4-2-3-5-8/h8H,2-6H2,1H3,(H,13,14). The smallest absolute Gasteiger partial charge is 0.360 e. The summed E-state index contributed by atoms with van der Waals surface area (Å²) in [5.74, 6) is -0.393. The van der Waals surface area contributed by atoms with Crippen molar-refractivity contribution in [3.63, 3.8) is 0 Å².